The minimum absolute atomic E-state index is 0.0962. The van der Waals surface area contributed by atoms with E-state index in [9.17, 15) is 17.6 Å². The zero-order valence-electron chi connectivity index (χ0n) is 15.2. The lowest BCUT2D eigenvalue weighted by atomic mass is 9.99. The van der Waals surface area contributed by atoms with Crippen LogP contribution in [0.2, 0.25) is 0 Å². The SMILES string of the molecule is Cc1cc(F)c(-n2nc(C(F)(F)F)nc2N(C)C)cc1-c1ccccc1.OS. The van der Waals surface area contributed by atoms with Crippen molar-refractivity contribution in [3.05, 3.63) is 59.7 Å². The maximum Gasteiger partial charge on any atom is 0.453 e. The topological polar surface area (TPSA) is 54.2 Å². The highest BCUT2D eigenvalue weighted by atomic mass is 32.1. The van der Waals surface area contributed by atoms with Gasteiger partial charge in [0.05, 0.1) is 0 Å². The fraction of sp³-hybridized carbons (Fsp3) is 0.222. The summed E-state index contributed by atoms with van der Waals surface area (Å²) in [5.41, 5.74) is 2.10. The Morgan fingerprint density at radius 2 is 1.68 bits per heavy atom. The van der Waals surface area contributed by atoms with Crippen LogP contribution < -0.4 is 4.90 Å². The normalized spacial score (nSPS) is 11.0. The molecule has 3 rings (SSSR count). The zero-order chi connectivity index (χ0) is 21.1. The third-order valence-corrected chi connectivity index (χ3v) is 3.85. The highest BCUT2D eigenvalue weighted by Crippen LogP contribution is 2.32. The van der Waals surface area contributed by atoms with Crippen molar-refractivity contribution in [3.63, 3.8) is 0 Å². The first-order valence-corrected chi connectivity index (χ1v) is 8.36. The third kappa shape index (κ3) is 4.45. The van der Waals surface area contributed by atoms with Crippen LogP contribution in [-0.2, 0) is 6.18 Å². The molecule has 0 saturated heterocycles. The quantitative estimate of drug-likeness (QED) is 0.365. The molecule has 2 aromatic carbocycles. The van der Waals surface area contributed by atoms with E-state index in [4.69, 9.17) is 4.55 Å². The van der Waals surface area contributed by atoms with Gasteiger partial charge in [-0.05, 0) is 48.7 Å². The molecule has 28 heavy (non-hydrogen) atoms. The van der Waals surface area contributed by atoms with Crippen LogP contribution in [0.25, 0.3) is 16.8 Å². The van der Waals surface area contributed by atoms with Crippen LogP contribution in [0.15, 0.2) is 42.5 Å². The molecule has 5 nitrogen and oxygen atoms in total. The van der Waals surface area contributed by atoms with Gasteiger partial charge in [-0.15, -0.1) is 5.10 Å². The van der Waals surface area contributed by atoms with Gasteiger partial charge >= 0.3 is 6.18 Å². The molecule has 150 valence electrons. The van der Waals surface area contributed by atoms with Crippen LogP contribution in [0.3, 0.4) is 0 Å². The molecule has 0 bridgehead atoms. The van der Waals surface area contributed by atoms with Gasteiger partial charge in [0.1, 0.15) is 11.5 Å². The molecular weight excluding hydrogens is 396 g/mol. The molecule has 0 atom stereocenters. The number of hydrogen-bond acceptors (Lipinski definition) is 5. The number of aryl methyl sites for hydroxylation is 1. The standard InChI is InChI=1S/C18H16F4N4.H2OS/c1-11-9-14(19)15(10-13(11)12-7-5-4-6-8-12)26-17(25(2)3)23-16(24-26)18(20,21)22;1-2/h4-10H,1-3H3;1-2H. The molecule has 3 aromatic rings. The summed E-state index contributed by atoms with van der Waals surface area (Å²) in [6.45, 7) is 1.74. The van der Waals surface area contributed by atoms with Crippen molar-refractivity contribution < 1.29 is 22.1 Å². The van der Waals surface area contributed by atoms with Crippen molar-refractivity contribution in [2.75, 3.05) is 19.0 Å². The van der Waals surface area contributed by atoms with Crippen LogP contribution in [0, 0.1) is 12.7 Å². The molecule has 0 aliphatic heterocycles. The van der Waals surface area contributed by atoms with Gasteiger partial charge in [-0.3, -0.25) is 0 Å². The van der Waals surface area contributed by atoms with Gasteiger partial charge in [0, 0.05) is 14.1 Å². The second kappa shape index (κ2) is 8.61. The van der Waals surface area contributed by atoms with Gasteiger partial charge in [-0.25, -0.2) is 4.39 Å². The Morgan fingerprint density at radius 3 is 2.21 bits per heavy atom. The highest BCUT2D eigenvalue weighted by molar-refractivity contribution is 7.74. The van der Waals surface area contributed by atoms with Crippen LogP contribution in [0.1, 0.15) is 11.4 Å². The van der Waals surface area contributed by atoms with Crippen LogP contribution in [-0.4, -0.2) is 33.4 Å². The van der Waals surface area contributed by atoms with Gasteiger partial charge in [-0.1, -0.05) is 30.3 Å². The lowest BCUT2D eigenvalue weighted by Gasteiger charge is -2.15. The highest BCUT2D eigenvalue weighted by Gasteiger charge is 2.38. The van der Waals surface area contributed by atoms with Crippen LogP contribution in [0.4, 0.5) is 23.5 Å². The molecule has 0 radical (unpaired) electrons. The number of alkyl halides is 3. The van der Waals surface area contributed by atoms with Crippen molar-refractivity contribution in [1.29, 1.82) is 0 Å². The summed E-state index contributed by atoms with van der Waals surface area (Å²) in [4.78, 5) is 4.86. The Kier molecular flexibility index (Phi) is 6.68. The zero-order valence-corrected chi connectivity index (χ0v) is 16.1. The van der Waals surface area contributed by atoms with Gasteiger partial charge in [0.2, 0.25) is 5.95 Å². The smallest absolute Gasteiger partial charge is 0.347 e. The predicted octanol–water partition coefficient (Wildman–Crippen LogP) is 4.86. The predicted molar refractivity (Wildman–Crippen MR) is 102 cm³/mol. The fourth-order valence-electron chi connectivity index (χ4n) is 2.63. The van der Waals surface area contributed by atoms with Crippen molar-refractivity contribution in [3.8, 4) is 16.8 Å². The first kappa shape index (κ1) is 21.7. The number of anilines is 1. The van der Waals surface area contributed by atoms with E-state index in [0.29, 0.717) is 11.1 Å². The Balaban J connectivity index is 0.00000136. The number of thiol groups is 1. The summed E-state index contributed by atoms with van der Waals surface area (Å²) in [6.07, 6.45) is -4.72. The lowest BCUT2D eigenvalue weighted by Crippen LogP contribution is -2.16. The molecule has 0 aliphatic carbocycles. The van der Waals surface area contributed by atoms with Crippen molar-refractivity contribution in [2.24, 2.45) is 0 Å². The molecule has 1 N–H and O–H groups in total. The van der Waals surface area contributed by atoms with Crippen molar-refractivity contribution in [1.82, 2.24) is 14.8 Å². The number of rotatable bonds is 3. The number of hydrogen-bond donors (Lipinski definition) is 2. The van der Waals surface area contributed by atoms with E-state index in [1.807, 2.05) is 30.3 Å². The lowest BCUT2D eigenvalue weighted by molar-refractivity contribution is -0.144. The molecule has 0 amide bonds. The average Bonchev–Trinajstić information content (AvgIpc) is 3.10. The Morgan fingerprint density at radius 1 is 1.07 bits per heavy atom. The summed E-state index contributed by atoms with van der Waals surface area (Å²) in [5, 5.41) is 3.50. The van der Waals surface area contributed by atoms with Crippen molar-refractivity contribution >= 4 is 18.9 Å². The second-order valence-corrected chi connectivity index (χ2v) is 6.02. The molecule has 0 aliphatic rings. The number of aromatic nitrogens is 3. The maximum atomic E-state index is 14.6. The molecule has 0 saturated carbocycles. The van der Waals surface area contributed by atoms with Gasteiger partial charge in [-0.2, -0.15) is 22.8 Å². The van der Waals surface area contributed by atoms with Gasteiger partial charge < -0.3 is 9.45 Å². The summed E-state index contributed by atoms with van der Waals surface area (Å²) >= 11 is 2.53. The molecule has 0 fully saturated rings. The molecule has 0 unspecified atom stereocenters. The Bertz CT molecular complexity index is 943. The monoisotopic (exact) mass is 414 g/mol. The molecular formula is C18H18F4N4OS. The second-order valence-electron chi connectivity index (χ2n) is 6.02. The van der Waals surface area contributed by atoms with E-state index in [0.717, 1.165) is 10.2 Å². The number of benzene rings is 2. The van der Waals surface area contributed by atoms with Crippen LogP contribution in [0.5, 0.6) is 0 Å². The first-order chi connectivity index (χ1) is 13.2. The molecule has 0 spiro atoms. The third-order valence-electron chi connectivity index (χ3n) is 3.85. The largest absolute Gasteiger partial charge is 0.453 e. The van der Waals surface area contributed by atoms with E-state index < -0.39 is 17.8 Å². The van der Waals surface area contributed by atoms with Gasteiger partial charge in [0.15, 0.2) is 0 Å². The van der Waals surface area contributed by atoms with E-state index in [1.54, 1.807) is 6.92 Å². The fourth-order valence-corrected chi connectivity index (χ4v) is 2.63. The van der Waals surface area contributed by atoms with E-state index in [2.05, 4.69) is 23.0 Å². The van der Waals surface area contributed by atoms with Crippen LogP contribution >= 0.6 is 12.9 Å². The summed E-state index contributed by atoms with van der Waals surface area (Å²) in [7, 11) is 3.04. The summed E-state index contributed by atoms with van der Waals surface area (Å²) in [6, 6.07) is 12.0. The minimum atomic E-state index is -4.72. The Hall–Kier alpha value is -2.59. The van der Waals surface area contributed by atoms with Crippen molar-refractivity contribution in [2.45, 2.75) is 13.1 Å². The van der Waals surface area contributed by atoms with E-state index in [-0.39, 0.29) is 11.6 Å². The van der Waals surface area contributed by atoms with E-state index in [1.165, 1.54) is 31.1 Å². The minimum Gasteiger partial charge on any atom is -0.347 e. The Labute approximate surface area is 164 Å². The average molecular weight is 414 g/mol. The molecule has 10 heteroatoms. The summed E-state index contributed by atoms with van der Waals surface area (Å²) in [5.74, 6) is -2.11. The van der Waals surface area contributed by atoms with Gasteiger partial charge in [0.25, 0.3) is 5.82 Å². The summed E-state index contributed by atoms with van der Waals surface area (Å²) < 4.78 is 61.2. The number of nitrogens with zero attached hydrogens (tertiary/aromatic N) is 4. The van der Waals surface area contributed by atoms with E-state index >= 15 is 0 Å². The molecule has 1 aromatic heterocycles. The maximum absolute atomic E-state index is 14.6. The molecule has 1 heterocycles. The first-order valence-electron chi connectivity index (χ1n) is 7.96. The number of halogens is 4.